The highest BCUT2D eigenvalue weighted by Crippen LogP contribution is 2.33. The summed E-state index contributed by atoms with van der Waals surface area (Å²) < 4.78 is 11.7. The highest BCUT2D eigenvalue weighted by atomic mass is 16.5. The number of rotatable bonds is 3. The molecule has 1 spiro atoms. The van der Waals surface area contributed by atoms with Gasteiger partial charge in [-0.25, -0.2) is 0 Å². The third kappa shape index (κ3) is 3.56. The highest BCUT2D eigenvalue weighted by Gasteiger charge is 2.41. The van der Waals surface area contributed by atoms with Crippen LogP contribution in [0.3, 0.4) is 0 Å². The van der Waals surface area contributed by atoms with Crippen LogP contribution in [0, 0.1) is 0 Å². The molecule has 0 bridgehead atoms. The number of hydrogen-bond acceptors (Lipinski definition) is 6. The first kappa shape index (κ1) is 21.0. The van der Waals surface area contributed by atoms with Crippen LogP contribution < -0.4 is 5.32 Å². The molecule has 2 unspecified atom stereocenters. The molecule has 3 aliphatic rings. The Bertz CT molecular complexity index is 1080. The van der Waals surface area contributed by atoms with Crippen LogP contribution in [0.25, 0.3) is 0 Å². The van der Waals surface area contributed by atoms with Crippen molar-refractivity contribution in [3.8, 4) is 0 Å². The van der Waals surface area contributed by atoms with Gasteiger partial charge >= 0.3 is 0 Å². The molecule has 1 amide bonds. The molecule has 32 heavy (non-hydrogen) atoms. The normalized spacial score (nSPS) is 24.0. The largest absolute Gasteiger partial charge is 0.378 e. The van der Waals surface area contributed by atoms with Gasteiger partial charge in [0, 0.05) is 36.4 Å². The minimum absolute atomic E-state index is 0.202. The fourth-order valence-electron chi connectivity index (χ4n) is 4.92. The van der Waals surface area contributed by atoms with Gasteiger partial charge in [-0.15, -0.1) is 0 Å². The Labute approximate surface area is 186 Å². The van der Waals surface area contributed by atoms with E-state index in [1.54, 1.807) is 42.5 Å². The molecule has 2 aromatic rings. The molecular weight excluding hydrogens is 408 g/mol. The van der Waals surface area contributed by atoms with Crippen molar-refractivity contribution >= 4 is 23.2 Å². The van der Waals surface area contributed by atoms with Gasteiger partial charge in [0.15, 0.2) is 11.6 Å². The summed E-state index contributed by atoms with van der Waals surface area (Å²) in [4.78, 5) is 41.4. The number of ketones is 2. The van der Waals surface area contributed by atoms with Crippen LogP contribution >= 0.6 is 0 Å². The van der Waals surface area contributed by atoms with Gasteiger partial charge < -0.3 is 14.8 Å². The van der Waals surface area contributed by atoms with Crippen molar-refractivity contribution in [3.63, 3.8) is 0 Å². The predicted molar refractivity (Wildman–Crippen MR) is 118 cm³/mol. The van der Waals surface area contributed by atoms with E-state index in [0.29, 0.717) is 48.7 Å². The Hall–Kier alpha value is -2.87. The van der Waals surface area contributed by atoms with E-state index in [1.165, 1.54) is 0 Å². The third-order valence-electron chi connectivity index (χ3n) is 6.70. The maximum atomic E-state index is 13.2. The summed E-state index contributed by atoms with van der Waals surface area (Å²) in [6, 6.07) is 11.4. The lowest BCUT2D eigenvalue weighted by molar-refractivity contribution is -0.174. The maximum absolute atomic E-state index is 13.2. The molecule has 1 aliphatic carbocycles. The second-order valence-corrected chi connectivity index (χ2v) is 8.76. The number of fused-ring (bicyclic) bond motifs is 2. The Balaban J connectivity index is 1.37. The first-order valence-electron chi connectivity index (χ1n) is 11.1. The summed E-state index contributed by atoms with van der Waals surface area (Å²) in [6.07, 6.45) is 1.86. The molecule has 0 saturated carbocycles. The Morgan fingerprint density at radius 3 is 2.53 bits per heavy atom. The van der Waals surface area contributed by atoms with Gasteiger partial charge in [0.05, 0.1) is 30.5 Å². The van der Waals surface area contributed by atoms with E-state index < -0.39 is 6.04 Å². The number of nitrogens with zero attached hydrogens (tertiary/aromatic N) is 1. The molecule has 166 valence electrons. The zero-order chi connectivity index (χ0) is 22.3. The topological polar surface area (TPSA) is 84.9 Å². The van der Waals surface area contributed by atoms with E-state index in [-0.39, 0.29) is 28.6 Å². The second kappa shape index (κ2) is 8.24. The van der Waals surface area contributed by atoms with E-state index in [1.807, 2.05) is 6.92 Å². The first-order valence-corrected chi connectivity index (χ1v) is 11.1. The lowest BCUT2D eigenvalue weighted by Crippen LogP contribution is -2.59. The molecule has 2 heterocycles. The number of carbonyl (C=O) groups is 3. The summed E-state index contributed by atoms with van der Waals surface area (Å²) in [5.41, 5.74) is 1.36. The number of anilines is 1. The first-order chi connectivity index (χ1) is 15.5. The second-order valence-electron chi connectivity index (χ2n) is 8.76. The quantitative estimate of drug-likeness (QED) is 0.682. The van der Waals surface area contributed by atoms with E-state index in [4.69, 9.17) is 9.47 Å². The van der Waals surface area contributed by atoms with Crippen LogP contribution in [0.4, 0.5) is 5.69 Å². The van der Waals surface area contributed by atoms with Gasteiger partial charge in [0.2, 0.25) is 5.91 Å². The van der Waals surface area contributed by atoms with Crippen molar-refractivity contribution in [3.05, 3.63) is 64.7 Å². The lowest BCUT2D eigenvalue weighted by atomic mass is 9.83. The molecule has 2 atom stereocenters. The van der Waals surface area contributed by atoms with Crippen molar-refractivity contribution in [1.29, 1.82) is 0 Å². The minimum atomic E-state index is -0.421. The van der Waals surface area contributed by atoms with E-state index in [2.05, 4.69) is 10.2 Å². The van der Waals surface area contributed by atoms with E-state index >= 15 is 0 Å². The maximum Gasteiger partial charge on any atom is 0.241 e. The smallest absolute Gasteiger partial charge is 0.241 e. The summed E-state index contributed by atoms with van der Waals surface area (Å²) in [6.45, 7) is 4.96. The Morgan fingerprint density at radius 1 is 1.03 bits per heavy atom. The highest BCUT2D eigenvalue weighted by molar-refractivity contribution is 6.30. The minimum Gasteiger partial charge on any atom is -0.378 e. The number of ether oxygens (including phenoxy) is 2. The summed E-state index contributed by atoms with van der Waals surface area (Å²) >= 11 is 0. The van der Waals surface area contributed by atoms with Crippen LogP contribution in [0.15, 0.2) is 42.5 Å². The zero-order valence-electron chi connectivity index (χ0n) is 18.1. The van der Waals surface area contributed by atoms with Gasteiger partial charge in [0.1, 0.15) is 5.60 Å². The van der Waals surface area contributed by atoms with Gasteiger partial charge in [-0.1, -0.05) is 36.4 Å². The van der Waals surface area contributed by atoms with Crippen molar-refractivity contribution in [2.24, 2.45) is 0 Å². The van der Waals surface area contributed by atoms with Gasteiger partial charge in [-0.3, -0.25) is 19.3 Å². The molecule has 5 rings (SSSR count). The van der Waals surface area contributed by atoms with Crippen molar-refractivity contribution in [1.82, 2.24) is 4.90 Å². The SMILES string of the molecule is CC(C(=O)Nc1cccc2c1C(=O)c1ccccc1C2=O)N1CCOC2(CCCOC2)C1. The lowest BCUT2D eigenvalue weighted by Gasteiger charge is -2.46. The summed E-state index contributed by atoms with van der Waals surface area (Å²) in [7, 11) is 0. The average molecular weight is 434 g/mol. The number of morpholine rings is 1. The van der Waals surface area contributed by atoms with Crippen molar-refractivity contribution in [2.75, 3.05) is 38.2 Å². The fraction of sp³-hybridized carbons (Fsp3) is 0.400. The number of nitrogens with one attached hydrogen (secondary N) is 1. The van der Waals surface area contributed by atoms with Gasteiger partial charge in [-0.05, 0) is 25.8 Å². The van der Waals surface area contributed by atoms with E-state index in [9.17, 15) is 14.4 Å². The van der Waals surface area contributed by atoms with Gasteiger partial charge in [-0.2, -0.15) is 0 Å². The van der Waals surface area contributed by atoms with Crippen LogP contribution in [-0.4, -0.2) is 66.9 Å². The van der Waals surface area contributed by atoms with Crippen molar-refractivity contribution in [2.45, 2.75) is 31.4 Å². The Kier molecular flexibility index (Phi) is 5.41. The summed E-state index contributed by atoms with van der Waals surface area (Å²) in [5.74, 6) is -0.665. The van der Waals surface area contributed by atoms with E-state index in [0.717, 1.165) is 19.4 Å². The zero-order valence-corrected chi connectivity index (χ0v) is 18.1. The number of carbonyl (C=O) groups excluding carboxylic acids is 3. The molecule has 7 nitrogen and oxygen atoms in total. The van der Waals surface area contributed by atoms with Crippen LogP contribution in [0.2, 0.25) is 0 Å². The standard InChI is InChI=1S/C25H26N2O5/c1-16(27-11-13-32-25(14-27)10-5-12-31-15-25)24(30)26-20-9-4-8-19-21(20)23(29)18-7-3-2-6-17(18)22(19)28/h2-4,6-9,16H,5,10-15H2,1H3,(H,26,30). The van der Waals surface area contributed by atoms with Crippen LogP contribution in [0.1, 0.15) is 51.6 Å². The average Bonchev–Trinajstić information content (AvgIpc) is 2.82. The summed E-state index contributed by atoms with van der Waals surface area (Å²) in [5, 5.41) is 2.91. The molecular formula is C25H26N2O5. The molecule has 2 fully saturated rings. The molecule has 2 aromatic carbocycles. The molecule has 2 aliphatic heterocycles. The number of benzene rings is 2. The molecule has 0 radical (unpaired) electrons. The van der Waals surface area contributed by atoms with Crippen molar-refractivity contribution < 1.29 is 23.9 Å². The van der Waals surface area contributed by atoms with Crippen LogP contribution in [0.5, 0.6) is 0 Å². The molecule has 0 aromatic heterocycles. The number of hydrogen-bond donors (Lipinski definition) is 1. The van der Waals surface area contributed by atoms with Gasteiger partial charge in [0.25, 0.3) is 0 Å². The predicted octanol–water partition coefficient (Wildman–Crippen LogP) is 2.67. The molecule has 2 saturated heterocycles. The number of amides is 1. The monoisotopic (exact) mass is 434 g/mol. The molecule has 7 heteroatoms. The third-order valence-corrected chi connectivity index (χ3v) is 6.70. The van der Waals surface area contributed by atoms with Crippen LogP contribution in [-0.2, 0) is 14.3 Å². The fourth-order valence-corrected chi connectivity index (χ4v) is 4.92. The molecule has 1 N–H and O–H groups in total. The Morgan fingerprint density at radius 2 is 1.78 bits per heavy atom.